The highest BCUT2D eigenvalue weighted by atomic mass is 15.0. The van der Waals surface area contributed by atoms with Crippen LogP contribution >= 0.6 is 0 Å². The molecule has 7 aromatic carbocycles. The third-order valence-electron chi connectivity index (χ3n) is 11.7. The minimum atomic E-state index is 0.883. The smallest absolute Gasteiger partial charge is 0.0694 e. The molecule has 0 radical (unpaired) electrons. The second-order valence-corrected chi connectivity index (χ2v) is 14.9. The van der Waals surface area contributed by atoms with Gasteiger partial charge in [-0.25, -0.2) is 0 Å². The molecule has 1 aliphatic rings. The van der Waals surface area contributed by atoms with Crippen LogP contribution in [0.1, 0.15) is 35.7 Å². The first-order chi connectivity index (χ1) is 27.6. The quantitative estimate of drug-likeness (QED) is 0.131. The van der Waals surface area contributed by atoms with Crippen LogP contribution in [0.4, 0.5) is 5.69 Å². The van der Waals surface area contributed by atoms with Crippen LogP contribution in [-0.2, 0) is 6.42 Å². The van der Waals surface area contributed by atoms with Gasteiger partial charge in [0.15, 0.2) is 0 Å². The predicted molar refractivity (Wildman–Crippen MR) is 239 cm³/mol. The van der Waals surface area contributed by atoms with E-state index >= 15 is 0 Å². The monoisotopic (exact) mass is 718 g/mol. The second kappa shape index (κ2) is 12.7. The van der Waals surface area contributed by atoms with Gasteiger partial charge in [0.1, 0.15) is 0 Å². The maximum Gasteiger partial charge on any atom is 0.0694 e. The first-order valence-electron chi connectivity index (χ1n) is 19.4. The summed E-state index contributed by atoms with van der Waals surface area (Å²) in [5.74, 6) is 0. The van der Waals surface area contributed by atoms with Crippen molar-refractivity contribution in [1.82, 2.24) is 14.1 Å². The summed E-state index contributed by atoms with van der Waals surface area (Å²) >= 11 is 0. The van der Waals surface area contributed by atoms with Gasteiger partial charge >= 0.3 is 0 Å². The Labute approximate surface area is 325 Å². The highest BCUT2D eigenvalue weighted by Crippen LogP contribution is 2.40. The van der Waals surface area contributed by atoms with Crippen LogP contribution in [-0.4, -0.2) is 20.8 Å². The molecule has 10 aromatic rings. The van der Waals surface area contributed by atoms with Gasteiger partial charge in [0.25, 0.3) is 0 Å². The molecule has 1 N–H and O–H groups in total. The fraction of sp³-hybridized carbons (Fsp3) is 0.0577. The number of allylic oxidation sites excluding steroid dienone is 2. The van der Waals surface area contributed by atoms with Gasteiger partial charge in [-0.15, -0.1) is 0 Å². The number of rotatable bonds is 6. The molecule has 0 unspecified atom stereocenters. The van der Waals surface area contributed by atoms with E-state index < -0.39 is 0 Å². The molecule has 0 aliphatic heterocycles. The van der Waals surface area contributed by atoms with Crippen LogP contribution in [0.25, 0.3) is 94.7 Å². The fourth-order valence-electron chi connectivity index (χ4n) is 9.15. The second-order valence-electron chi connectivity index (χ2n) is 14.9. The Balaban J connectivity index is 1.04. The van der Waals surface area contributed by atoms with Crippen LogP contribution in [0, 0.1) is 0 Å². The summed E-state index contributed by atoms with van der Waals surface area (Å²) in [5.41, 5.74) is 17.7. The normalized spacial score (nSPS) is 13.1. The van der Waals surface area contributed by atoms with E-state index in [2.05, 4.69) is 184 Å². The Morgan fingerprint density at radius 1 is 0.625 bits per heavy atom. The number of hydrogen-bond acceptors (Lipinski definition) is 1. The van der Waals surface area contributed by atoms with Gasteiger partial charge in [0, 0.05) is 66.2 Å². The molecule has 3 heterocycles. The standard InChI is InChI=1S/C52H38N4/c1-33(29-36-13-6-9-20-46(36)53-2)39-18-12-19-42-43-32-38(25-26-47(43)54-52(39)42)56-49-22-11-8-17-41(49)45-31-35(24-28-51(45)56)34-23-27-50-44(30-34)40-16-7-10-21-48(40)55(50)37-14-4-3-5-15-37/h3-9,11-20,22-32,54H,2,10,21H2,1H3/b33-29+. The Kier molecular flexibility index (Phi) is 7.33. The van der Waals surface area contributed by atoms with E-state index in [1.807, 2.05) is 18.2 Å². The summed E-state index contributed by atoms with van der Waals surface area (Å²) in [5, 5.41) is 6.21. The van der Waals surface area contributed by atoms with Gasteiger partial charge in [-0.05, 0) is 116 Å². The van der Waals surface area contributed by atoms with Gasteiger partial charge in [-0.3, -0.25) is 4.99 Å². The van der Waals surface area contributed by atoms with E-state index in [9.17, 15) is 0 Å². The minimum absolute atomic E-state index is 0.883. The Morgan fingerprint density at radius 2 is 1.36 bits per heavy atom. The van der Waals surface area contributed by atoms with Crippen LogP contribution in [0.5, 0.6) is 0 Å². The Morgan fingerprint density at radius 3 is 2.21 bits per heavy atom. The highest BCUT2D eigenvalue weighted by molar-refractivity contribution is 6.14. The van der Waals surface area contributed by atoms with Crippen molar-refractivity contribution in [3.63, 3.8) is 0 Å². The van der Waals surface area contributed by atoms with Gasteiger partial charge in [0.05, 0.1) is 27.8 Å². The van der Waals surface area contributed by atoms with E-state index in [0.29, 0.717) is 0 Å². The van der Waals surface area contributed by atoms with E-state index in [4.69, 9.17) is 0 Å². The zero-order valence-corrected chi connectivity index (χ0v) is 31.1. The lowest BCUT2D eigenvalue weighted by molar-refractivity contribution is 0.888. The molecular formula is C52H38N4. The van der Waals surface area contributed by atoms with Crippen molar-refractivity contribution in [1.29, 1.82) is 0 Å². The van der Waals surface area contributed by atoms with Crippen molar-refractivity contribution in [2.45, 2.75) is 19.8 Å². The molecule has 0 fully saturated rings. The maximum atomic E-state index is 4.24. The number of nitrogens with zero attached hydrogens (tertiary/aromatic N) is 3. The van der Waals surface area contributed by atoms with Crippen LogP contribution in [0.3, 0.4) is 0 Å². The molecule has 0 spiro atoms. The zero-order valence-electron chi connectivity index (χ0n) is 31.1. The summed E-state index contributed by atoms with van der Waals surface area (Å²) in [6.07, 6.45) is 8.95. The zero-order chi connectivity index (χ0) is 37.3. The van der Waals surface area contributed by atoms with Gasteiger partial charge in [-0.1, -0.05) is 97.1 Å². The van der Waals surface area contributed by atoms with Crippen molar-refractivity contribution >= 4 is 84.6 Å². The number of para-hydroxylation sites is 4. The molecule has 0 saturated heterocycles. The predicted octanol–water partition coefficient (Wildman–Crippen LogP) is 13.9. The van der Waals surface area contributed by atoms with Crippen molar-refractivity contribution in [3.05, 3.63) is 180 Å². The topological polar surface area (TPSA) is 38.0 Å². The lowest BCUT2D eigenvalue weighted by Crippen LogP contribution is -2.02. The number of aliphatic imine (C=N–C) groups is 1. The molecule has 266 valence electrons. The van der Waals surface area contributed by atoms with Gasteiger partial charge in [0.2, 0.25) is 0 Å². The number of aromatic amines is 1. The molecule has 4 heteroatoms. The molecule has 1 aliphatic carbocycles. The van der Waals surface area contributed by atoms with Crippen LogP contribution in [0.15, 0.2) is 163 Å². The number of H-pyrrole nitrogens is 1. The summed E-state index contributed by atoms with van der Waals surface area (Å²) in [7, 11) is 0. The van der Waals surface area contributed by atoms with Crippen LogP contribution < -0.4 is 0 Å². The molecule has 0 saturated carbocycles. The largest absolute Gasteiger partial charge is 0.354 e. The van der Waals surface area contributed by atoms with E-state index in [0.717, 1.165) is 40.8 Å². The number of hydrogen-bond donors (Lipinski definition) is 1. The minimum Gasteiger partial charge on any atom is -0.354 e. The summed E-state index contributed by atoms with van der Waals surface area (Å²) in [4.78, 5) is 8.00. The number of nitrogens with one attached hydrogen (secondary N) is 1. The molecule has 0 atom stereocenters. The molecular weight excluding hydrogens is 681 g/mol. The van der Waals surface area contributed by atoms with Crippen molar-refractivity contribution in [3.8, 4) is 22.5 Å². The first kappa shape index (κ1) is 32.3. The number of fused-ring (bicyclic) bond motifs is 9. The van der Waals surface area contributed by atoms with Crippen molar-refractivity contribution in [2.75, 3.05) is 0 Å². The van der Waals surface area contributed by atoms with Crippen LogP contribution in [0.2, 0.25) is 0 Å². The van der Waals surface area contributed by atoms with Gasteiger partial charge < -0.3 is 14.1 Å². The Hall–Kier alpha value is -7.17. The maximum absolute atomic E-state index is 4.24. The lowest BCUT2D eigenvalue weighted by atomic mass is 9.98. The molecule has 11 rings (SSSR count). The lowest BCUT2D eigenvalue weighted by Gasteiger charge is -2.13. The molecule has 3 aromatic heterocycles. The summed E-state index contributed by atoms with van der Waals surface area (Å²) in [6.45, 7) is 5.95. The van der Waals surface area contributed by atoms with Crippen molar-refractivity contribution in [2.24, 2.45) is 4.99 Å². The van der Waals surface area contributed by atoms with Crippen molar-refractivity contribution < 1.29 is 0 Å². The first-order valence-corrected chi connectivity index (χ1v) is 19.4. The molecule has 0 bridgehead atoms. The third kappa shape index (κ3) is 4.96. The average Bonchev–Trinajstić information content (AvgIpc) is 3.91. The van der Waals surface area contributed by atoms with E-state index in [1.54, 1.807) is 0 Å². The number of aromatic nitrogens is 3. The van der Waals surface area contributed by atoms with E-state index in [-0.39, 0.29) is 0 Å². The highest BCUT2D eigenvalue weighted by Gasteiger charge is 2.20. The number of benzene rings is 7. The SMILES string of the molecule is C=Nc1ccccc1/C=C(\C)c1cccc2c1[nH]c1ccc(-n3c4ccccc4c4cc(-c5ccc6c(c5)c5c(n6-c6ccccc6)CCC=C5)ccc43)cc12. The molecule has 4 nitrogen and oxygen atoms in total. The van der Waals surface area contributed by atoms with Gasteiger partial charge in [-0.2, -0.15) is 0 Å². The third-order valence-corrected chi connectivity index (χ3v) is 11.7. The summed E-state index contributed by atoms with van der Waals surface area (Å²) in [6, 6.07) is 55.1. The van der Waals surface area contributed by atoms with E-state index in [1.165, 1.54) is 82.7 Å². The molecule has 0 amide bonds. The average molecular weight is 719 g/mol. The molecule has 56 heavy (non-hydrogen) atoms. The Bertz CT molecular complexity index is 3270. The fourth-order valence-corrected chi connectivity index (χ4v) is 9.15. The summed E-state index contributed by atoms with van der Waals surface area (Å²) < 4.78 is 4.88.